The molecule has 0 aliphatic heterocycles. The Kier molecular flexibility index (Phi) is 14.8. The summed E-state index contributed by atoms with van der Waals surface area (Å²) < 4.78 is 10.8. The summed E-state index contributed by atoms with van der Waals surface area (Å²) in [5, 5.41) is 43.6. The third-order valence-corrected chi connectivity index (χ3v) is 9.90. The van der Waals surface area contributed by atoms with Gasteiger partial charge in [0.1, 0.15) is 25.6 Å². The van der Waals surface area contributed by atoms with E-state index in [4.69, 9.17) is 9.47 Å². The first-order valence-electron chi connectivity index (χ1n) is 17.6. The number of nitrogens with one attached hydrogen (secondary N) is 2. The van der Waals surface area contributed by atoms with Crippen LogP contribution in [0, 0.1) is 34.1 Å². The highest BCUT2D eigenvalue weighted by Crippen LogP contribution is 2.32. The number of hydrogen-bond donors (Lipinski definition) is 2. The monoisotopic (exact) mass is 830 g/mol. The zero-order valence-electron chi connectivity index (χ0n) is 31.7. The van der Waals surface area contributed by atoms with Crippen molar-refractivity contribution >= 4 is 89.2 Å². The van der Waals surface area contributed by atoms with E-state index in [-0.39, 0.29) is 33.5 Å². The van der Waals surface area contributed by atoms with Gasteiger partial charge in [-0.3, -0.25) is 30.9 Å². The van der Waals surface area contributed by atoms with E-state index < -0.39 is 22.0 Å². The molecular weight excluding hydrogens is 793 g/mol. The molecule has 0 bridgehead atoms. The van der Waals surface area contributed by atoms with Gasteiger partial charge in [-0.15, -0.1) is 20.5 Å². The van der Waals surface area contributed by atoms with E-state index in [9.17, 15) is 29.8 Å². The van der Waals surface area contributed by atoms with E-state index in [1.54, 1.807) is 36.4 Å². The topological polar surface area (TPSA) is 245 Å². The van der Waals surface area contributed by atoms with Crippen LogP contribution in [-0.2, 0) is 9.47 Å². The third-order valence-electron chi connectivity index (χ3n) is 8.23. The molecule has 0 unspecified atom stereocenters. The number of nitrogens with zero attached hydrogens (tertiary/aromatic N) is 10. The summed E-state index contributed by atoms with van der Waals surface area (Å²) in [4.78, 5) is 57.6. The van der Waals surface area contributed by atoms with Gasteiger partial charge < -0.3 is 19.3 Å². The maximum absolute atomic E-state index is 12.5. The number of ether oxygens (including phenoxy) is 2. The van der Waals surface area contributed by atoms with E-state index in [0.29, 0.717) is 48.9 Å². The summed E-state index contributed by atoms with van der Waals surface area (Å²) in [7, 11) is 0. The Morgan fingerprint density at radius 3 is 1.40 bits per heavy atom. The lowest BCUT2D eigenvalue weighted by molar-refractivity contribution is -0.380. The summed E-state index contributed by atoms with van der Waals surface area (Å²) in [5.41, 5.74) is 5.58. The minimum atomic E-state index is -0.635. The largest absolute Gasteiger partial charge is 0.447 e. The number of nitro groups is 2. The number of anilines is 4. The van der Waals surface area contributed by atoms with E-state index in [0.717, 1.165) is 57.6 Å². The van der Waals surface area contributed by atoms with Gasteiger partial charge in [0.15, 0.2) is 0 Å². The second-order valence-corrected chi connectivity index (χ2v) is 14.1. The predicted octanol–water partition coefficient (Wildman–Crippen LogP) is 10.0. The molecule has 5 aromatic rings. The van der Waals surface area contributed by atoms with Gasteiger partial charge in [-0.2, -0.15) is 0 Å². The Balaban J connectivity index is 1.02. The van der Waals surface area contributed by atoms with Gasteiger partial charge in [-0.1, -0.05) is 0 Å². The predicted molar refractivity (Wildman–Crippen MR) is 220 cm³/mol. The Labute approximate surface area is 339 Å². The molecule has 3 aromatic carbocycles. The van der Waals surface area contributed by atoms with Crippen LogP contribution in [0.3, 0.4) is 0 Å². The van der Waals surface area contributed by atoms with Gasteiger partial charge in [0.25, 0.3) is 0 Å². The summed E-state index contributed by atoms with van der Waals surface area (Å²) in [6, 6.07) is 17.7. The van der Waals surface area contributed by atoms with Crippen molar-refractivity contribution in [3.05, 3.63) is 104 Å². The molecule has 58 heavy (non-hydrogen) atoms. The van der Waals surface area contributed by atoms with E-state index >= 15 is 0 Å². The average molecular weight is 831 g/mol. The molecule has 0 aliphatic rings. The summed E-state index contributed by atoms with van der Waals surface area (Å²) >= 11 is 1.67. The van der Waals surface area contributed by atoms with Crippen molar-refractivity contribution in [3.8, 4) is 0 Å². The molecule has 0 fully saturated rings. The van der Waals surface area contributed by atoms with Crippen molar-refractivity contribution in [1.82, 2.24) is 9.97 Å². The first kappa shape index (κ1) is 42.2. The molecule has 5 rings (SSSR count). The fourth-order valence-electron chi connectivity index (χ4n) is 5.25. The van der Waals surface area contributed by atoms with Crippen molar-refractivity contribution in [1.29, 1.82) is 0 Å². The molecule has 0 aliphatic carbocycles. The van der Waals surface area contributed by atoms with Crippen LogP contribution >= 0.6 is 22.7 Å². The number of likely N-dealkylation sites (N-methyl/N-ethyl adjacent to an activating group) is 2. The van der Waals surface area contributed by atoms with Crippen LogP contribution in [0.1, 0.15) is 25.0 Å². The van der Waals surface area contributed by atoms with Gasteiger partial charge in [0.2, 0.25) is 10.3 Å². The Morgan fingerprint density at radius 1 is 0.672 bits per heavy atom. The molecule has 0 saturated carbocycles. The second-order valence-electron chi connectivity index (χ2n) is 12.1. The van der Waals surface area contributed by atoms with Gasteiger partial charge in [-0.25, -0.2) is 19.6 Å². The molecule has 302 valence electrons. The van der Waals surface area contributed by atoms with Crippen LogP contribution < -0.4 is 20.4 Å². The van der Waals surface area contributed by atoms with Gasteiger partial charge in [0.05, 0.1) is 34.3 Å². The van der Waals surface area contributed by atoms with Crippen molar-refractivity contribution < 1.29 is 28.9 Å². The van der Waals surface area contributed by atoms with Crippen LogP contribution in [0.15, 0.2) is 93.5 Å². The maximum Gasteiger partial charge on any atom is 0.411 e. The van der Waals surface area contributed by atoms with E-state index in [1.165, 1.54) is 0 Å². The number of thiazole rings is 2. The lowest BCUT2D eigenvalue weighted by atomic mass is 10.1. The van der Waals surface area contributed by atoms with Crippen molar-refractivity contribution in [2.75, 3.05) is 59.8 Å². The van der Waals surface area contributed by atoms with Gasteiger partial charge in [-0.05, 0) is 122 Å². The summed E-state index contributed by atoms with van der Waals surface area (Å²) in [5.74, 6) is 0. The molecule has 22 heteroatoms. The standard InChI is InChI=1S/C36H38N12O8S2/c1-5-45(27-11-13-29(23(3)19-27)41-43-33-37-21-31(57-33)47(51)52)15-17-55-35(49)39-25-7-9-26(10-8-25)40-36(50)56-18-16-46(6-2)28-12-14-30(24(4)20-28)42-44-34-38-22-32(58-34)48(53)54/h7-14,19-22H,5-6,15-18H2,1-4H3,(H,39,49)(H,40,50). The van der Waals surface area contributed by atoms with Gasteiger partial charge in [0, 0.05) is 35.8 Å². The number of benzene rings is 3. The molecule has 0 spiro atoms. The van der Waals surface area contributed by atoms with Crippen LogP contribution in [0.2, 0.25) is 0 Å². The molecule has 0 atom stereocenters. The van der Waals surface area contributed by atoms with Crippen LogP contribution in [-0.4, -0.2) is 71.4 Å². The number of aromatic nitrogens is 2. The lowest BCUT2D eigenvalue weighted by Crippen LogP contribution is -2.29. The number of aryl methyl sites for hydroxylation is 2. The highest BCUT2D eigenvalue weighted by atomic mass is 32.1. The highest BCUT2D eigenvalue weighted by Gasteiger charge is 2.14. The Morgan fingerprint density at radius 2 is 1.07 bits per heavy atom. The number of amides is 2. The smallest absolute Gasteiger partial charge is 0.411 e. The van der Waals surface area contributed by atoms with Crippen LogP contribution in [0.25, 0.3) is 0 Å². The molecule has 2 N–H and O–H groups in total. The van der Waals surface area contributed by atoms with Crippen molar-refractivity contribution in [2.24, 2.45) is 20.5 Å². The fraction of sp³-hybridized carbons (Fsp3) is 0.278. The Hall–Kier alpha value is -6.94. The first-order valence-corrected chi connectivity index (χ1v) is 19.3. The molecular formula is C36H38N12O8S2. The zero-order valence-corrected chi connectivity index (χ0v) is 33.4. The summed E-state index contributed by atoms with van der Waals surface area (Å²) in [6.45, 7) is 10.1. The van der Waals surface area contributed by atoms with E-state index in [1.807, 2.05) is 61.8 Å². The molecule has 2 amide bonds. The van der Waals surface area contributed by atoms with Crippen LogP contribution in [0.5, 0.6) is 0 Å². The average Bonchev–Trinajstić information content (AvgIpc) is 3.89. The highest BCUT2D eigenvalue weighted by molar-refractivity contribution is 7.18. The normalized spacial score (nSPS) is 11.1. The zero-order chi connectivity index (χ0) is 41.6. The second kappa shape index (κ2) is 20.3. The molecule has 2 aromatic heterocycles. The molecule has 20 nitrogen and oxygen atoms in total. The van der Waals surface area contributed by atoms with E-state index in [2.05, 4.69) is 41.1 Å². The molecule has 2 heterocycles. The third kappa shape index (κ3) is 12.0. The fourth-order valence-corrected chi connectivity index (χ4v) is 6.35. The number of hydrogen-bond acceptors (Lipinski definition) is 18. The number of carbonyl (C=O) groups is 2. The van der Waals surface area contributed by atoms with Crippen molar-refractivity contribution in [3.63, 3.8) is 0 Å². The number of rotatable bonds is 18. The first-order chi connectivity index (χ1) is 27.9. The molecule has 0 radical (unpaired) electrons. The SMILES string of the molecule is CCN(CCOC(=O)Nc1ccc(NC(=O)OCCN(CC)c2ccc(N=Nc3ncc([N+](=O)[O-])s3)c(C)c2)cc1)c1ccc(N=Nc2ncc([N+](=O)[O-])s2)c(C)c1. The minimum absolute atomic E-state index is 0.110. The molecule has 0 saturated heterocycles. The van der Waals surface area contributed by atoms with Crippen LogP contribution in [0.4, 0.5) is 64.0 Å². The summed E-state index contributed by atoms with van der Waals surface area (Å²) in [6.07, 6.45) is 1.02. The Bertz CT molecular complexity index is 2140. The number of azo groups is 2. The maximum atomic E-state index is 12.5. The number of carbonyl (C=O) groups excluding carboxylic acids is 2. The lowest BCUT2D eigenvalue weighted by Gasteiger charge is -2.23. The van der Waals surface area contributed by atoms with Gasteiger partial charge >= 0.3 is 22.2 Å². The minimum Gasteiger partial charge on any atom is -0.447 e. The van der Waals surface area contributed by atoms with Crippen molar-refractivity contribution in [2.45, 2.75) is 27.7 Å². The quantitative estimate of drug-likeness (QED) is 0.0476.